The number of aryl methyl sites for hydroxylation is 1. The summed E-state index contributed by atoms with van der Waals surface area (Å²) < 4.78 is 14.1. The normalized spacial score (nSPS) is 15.2. The van der Waals surface area contributed by atoms with Gasteiger partial charge in [0.05, 0.1) is 0 Å². The number of halogens is 2. The minimum atomic E-state index is -0.199. The van der Waals surface area contributed by atoms with E-state index in [-0.39, 0.29) is 5.82 Å². The molecular formula is C13H12BrFN2. The van der Waals surface area contributed by atoms with E-state index in [0.717, 1.165) is 15.9 Å². The Morgan fingerprint density at radius 2 is 2.18 bits per heavy atom. The smallest absolute Gasteiger partial charge is 0.138 e. The number of benzene rings is 1. The van der Waals surface area contributed by atoms with E-state index in [0.29, 0.717) is 11.5 Å². The first-order chi connectivity index (χ1) is 8.15. The number of hydrogen-bond acceptors (Lipinski definition) is 1. The summed E-state index contributed by atoms with van der Waals surface area (Å²) in [5.74, 6) is 1.26. The van der Waals surface area contributed by atoms with Crippen LogP contribution in [0.1, 0.15) is 30.0 Å². The fourth-order valence-corrected chi connectivity index (χ4v) is 2.42. The van der Waals surface area contributed by atoms with Crippen LogP contribution < -0.4 is 0 Å². The number of aromatic amines is 1. The fraction of sp³-hybridized carbons (Fsp3) is 0.308. The second-order valence-electron chi connectivity index (χ2n) is 4.54. The number of hydrogen-bond donors (Lipinski definition) is 1. The van der Waals surface area contributed by atoms with Gasteiger partial charge in [-0.15, -0.1) is 0 Å². The van der Waals surface area contributed by atoms with E-state index in [1.54, 1.807) is 6.92 Å². The van der Waals surface area contributed by atoms with Crippen molar-refractivity contribution in [3.8, 4) is 11.4 Å². The number of rotatable bonds is 2. The van der Waals surface area contributed by atoms with Crippen LogP contribution in [0.5, 0.6) is 0 Å². The van der Waals surface area contributed by atoms with Gasteiger partial charge >= 0.3 is 0 Å². The average molecular weight is 295 g/mol. The van der Waals surface area contributed by atoms with Crippen molar-refractivity contribution in [1.29, 1.82) is 0 Å². The standard InChI is InChI=1S/C13H12BrFN2/c1-7-4-9(10(14)5-11(7)15)13-16-6-12(17-13)8-2-3-8/h4-6,8H,2-3H2,1H3,(H,16,17). The lowest BCUT2D eigenvalue weighted by Crippen LogP contribution is -1.89. The van der Waals surface area contributed by atoms with Crippen LogP contribution in [-0.4, -0.2) is 9.97 Å². The summed E-state index contributed by atoms with van der Waals surface area (Å²) in [6.07, 6.45) is 4.37. The molecule has 4 heteroatoms. The van der Waals surface area contributed by atoms with E-state index < -0.39 is 0 Å². The second-order valence-corrected chi connectivity index (χ2v) is 5.40. The molecule has 17 heavy (non-hydrogen) atoms. The SMILES string of the molecule is Cc1cc(-c2ncc(C3CC3)[nH]2)c(Br)cc1F. The fourth-order valence-electron chi connectivity index (χ4n) is 1.91. The largest absolute Gasteiger partial charge is 0.342 e. The van der Waals surface area contributed by atoms with Crippen molar-refractivity contribution in [1.82, 2.24) is 9.97 Å². The Labute approximate surface area is 107 Å². The molecule has 1 aromatic heterocycles. The monoisotopic (exact) mass is 294 g/mol. The first-order valence-corrected chi connectivity index (χ1v) is 6.45. The summed E-state index contributed by atoms with van der Waals surface area (Å²) in [6, 6.07) is 3.30. The van der Waals surface area contributed by atoms with Crippen LogP contribution in [0.3, 0.4) is 0 Å². The van der Waals surface area contributed by atoms with E-state index in [9.17, 15) is 4.39 Å². The van der Waals surface area contributed by atoms with Gasteiger partial charge in [0.15, 0.2) is 0 Å². The number of aromatic nitrogens is 2. The number of imidazole rings is 1. The zero-order valence-electron chi connectivity index (χ0n) is 9.43. The first kappa shape index (κ1) is 11.0. The molecule has 0 atom stereocenters. The Morgan fingerprint density at radius 3 is 2.88 bits per heavy atom. The van der Waals surface area contributed by atoms with E-state index in [1.807, 2.05) is 12.3 Å². The maximum absolute atomic E-state index is 13.4. The maximum atomic E-state index is 13.4. The van der Waals surface area contributed by atoms with Crippen LogP contribution >= 0.6 is 15.9 Å². The van der Waals surface area contributed by atoms with Crippen LogP contribution in [0.4, 0.5) is 4.39 Å². The quantitative estimate of drug-likeness (QED) is 0.885. The Hall–Kier alpha value is -1.16. The van der Waals surface area contributed by atoms with Crippen molar-refractivity contribution in [2.75, 3.05) is 0 Å². The van der Waals surface area contributed by atoms with Gasteiger partial charge in [0.25, 0.3) is 0 Å². The van der Waals surface area contributed by atoms with E-state index >= 15 is 0 Å². The highest BCUT2D eigenvalue weighted by Crippen LogP contribution is 2.40. The molecule has 0 amide bonds. The van der Waals surface area contributed by atoms with Gasteiger partial charge in [0.1, 0.15) is 11.6 Å². The molecule has 0 bridgehead atoms. The van der Waals surface area contributed by atoms with Gasteiger partial charge in [-0.05, 0) is 53.4 Å². The van der Waals surface area contributed by atoms with Gasteiger partial charge in [0.2, 0.25) is 0 Å². The summed E-state index contributed by atoms with van der Waals surface area (Å²) in [5.41, 5.74) is 2.73. The molecule has 0 spiro atoms. The van der Waals surface area contributed by atoms with Gasteiger partial charge < -0.3 is 4.98 Å². The Bertz CT molecular complexity index is 573. The van der Waals surface area contributed by atoms with Gasteiger partial charge in [-0.3, -0.25) is 0 Å². The van der Waals surface area contributed by atoms with Gasteiger partial charge in [-0.25, -0.2) is 9.37 Å². The van der Waals surface area contributed by atoms with E-state index in [2.05, 4.69) is 25.9 Å². The molecule has 0 radical (unpaired) electrons. The van der Waals surface area contributed by atoms with Crippen molar-refractivity contribution < 1.29 is 4.39 Å². The highest BCUT2D eigenvalue weighted by molar-refractivity contribution is 9.10. The summed E-state index contributed by atoms with van der Waals surface area (Å²) in [4.78, 5) is 7.69. The van der Waals surface area contributed by atoms with Crippen LogP contribution in [0.15, 0.2) is 22.8 Å². The third kappa shape index (κ3) is 2.02. The van der Waals surface area contributed by atoms with Crippen molar-refractivity contribution in [3.63, 3.8) is 0 Å². The molecule has 1 aromatic carbocycles. The molecule has 88 valence electrons. The molecule has 0 aliphatic heterocycles. The highest BCUT2D eigenvalue weighted by Gasteiger charge is 2.25. The molecule has 2 nitrogen and oxygen atoms in total. The lowest BCUT2D eigenvalue weighted by atomic mass is 10.1. The van der Waals surface area contributed by atoms with Crippen molar-refractivity contribution in [2.24, 2.45) is 0 Å². The molecule has 1 N–H and O–H groups in total. The molecule has 0 saturated heterocycles. The first-order valence-electron chi connectivity index (χ1n) is 5.66. The zero-order valence-corrected chi connectivity index (χ0v) is 11.0. The molecule has 0 unspecified atom stereocenters. The second kappa shape index (κ2) is 3.95. The summed E-state index contributed by atoms with van der Waals surface area (Å²) >= 11 is 3.38. The molecule has 3 rings (SSSR count). The molecule has 1 fully saturated rings. The Balaban J connectivity index is 2.04. The molecule has 1 aliphatic rings. The Morgan fingerprint density at radius 1 is 1.41 bits per heavy atom. The maximum Gasteiger partial charge on any atom is 0.138 e. The number of H-pyrrole nitrogens is 1. The lowest BCUT2D eigenvalue weighted by Gasteiger charge is -2.04. The van der Waals surface area contributed by atoms with E-state index in [1.165, 1.54) is 24.6 Å². The minimum absolute atomic E-state index is 0.199. The lowest BCUT2D eigenvalue weighted by molar-refractivity contribution is 0.618. The molecule has 1 saturated carbocycles. The third-order valence-electron chi connectivity index (χ3n) is 3.12. The Kier molecular flexibility index (Phi) is 2.54. The highest BCUT2D eigenvalue weighted by atomic mass is 79.9. The predicted molar refractivity (Wildman–Crippen MR) is 68.4 cm³/mol. The van der Waals surface area contributed by atoms with Crippen LogP contribution in [0.25, 0.3) is 11.4 Å². The summed E-state index contributed by atoms with van der Waals surface area (Å²) in [7, 11) is 0. The van der Waals surface area contributed by atoms with Gasteiger partial charge in [-0.1, -0.05) is 0 Å². The van der Waals surface area contributed by atoms with E-state index in [4.69, 9.17) is 0 Å². The summed E-state index contributed by atoms with van der Waals surface area (Å²) in [6.45, 7) is 1.76. The number of nitrogens with zero attached hydrogens (tertiary/aromatic N) is 1. The van der Waals surface area contributed by atoms with Crippen molar-refractivity contribution >= 4 is 15.9 Å². The minimum Gasteiger partial charge on any atom is -0.342 e. The zero-order chi connectivity index (χ0) is 12.0. The van der Waals surface area contributed by atoms with Gasteiger partial charge in [-0.2, -0.15) is 0 Å². The predicted octanol–water partition coefficient (Wildman–Crippen LogP) is 4.16. The molecular weight excluding hydrogens is 283 g/mol. The molecule has 2 aromatic rings. The van der Waals surface area contributed by atoms with Crippen LogP contribution in [0, 0.1) is 12.7 Å². The van der Waals surface area contributed by atoms with Crippen LogP contribution in [-0.2, 0) is 0 Å². The van der Waals surface area contributed by atoms with Gasteiger partial charge in [0, 0.05) is 27.8 Å². The third-order valence-corrected chi connectivity index (χ3v) is 3.77. The topological polar surface area (TPSA) is 28.7 Å². The average Bonchev–Trinajstić information content (AvgIpc) is 3.03. The number of nitrogens with one attached hydrogen (secondary N) is 1. The van der Waals surface area contributed by atoms with Crippen molar-refractivity contribution in [2.45, 2.75) is 25.7 Å². The van der Waals surface area contributed by atoms with Crippen LogP contribution in [0.2, 0.25) is 0 Å². The molecule has 1 aliphatic carbocycles. The summed E-state index contributed by atoms with van der Waals surface area (Å²) in [5, 5.41) is 0. The molecule has 1 heterocycles. The van der Waals surface area contributed by atoms with Crippen molar-refractivity contribution in [3.05, 3.63) is 39.9 Å².